The van der Waals surface area contributed by atoms with E-state index >= 15 is 0 Å². The van der Waals surface area contributed by atoms with Gasteiger partial charge >= 0.3 is 0 Å². The summed E-state index contributed by atoms with van der Waals surface area (Å²) >= 11 is 0. The molecule has 0 aliphatic carbocycles. The maximum atomic E-state index is 5.98. The van der Waals surface area contributed by atoms with E-state index < -0.39 is 5.79 Å². The van der Waals surface area contributed by atoms with E-state index in [0.29, 0.717) is 18.3 Å². The number of piperidine rings is 1. The van der Waals surface area contributed by atoms with Crippen molar-refractivity contribution in [3.8, 4) is 11.5 Å². The van der Waals surface area contributed by atoms with Crippen LogP contribution in [0.15, 0.2) is 22.9 Å². The largest absolute Gasteiger partial charge is 0.356 e. The maximum absolute atomic E-state index is 5.98. The van der Waals surface area contributed by atoms with Crippen LogP contribution in [0.5, 0.6) is 0 Å². The minimum Gasteiger partial charge on any atom is -0.356 e. The smallest absolute Gasteiger partial charge is 0.261 e. The second-order valence-electron chi connectivity index (χ2n) is 6.16. The Bertz CT molecular complexity index is 694. The van der Waals surface area contributed by atoms with Crippen LogP contribution in [0.25, 0.3) is 11.5 Å². The number of ether oxygens (including phenoxy) is 2. The van der Waals surface area contributed by atoms with Gasteiger partial charge in [-0.05, 0) is 26.0 Å². The van der Waals surface area contributed by atoms with Crippen LogP contribution in [0.2, 0.25) is 0 Å². The van der Waals surface area contributed by atoms with E-state index in [1.807, 2.05) is 19.1 Å². The Labute approximate surface area is 134 Å². The Hall–Kier alpha value is -1.99. The summed E-state index contributed by atoms with van der Waals surface area (Å²) in [5.74, 6) is 1.59. The van der Waals surface area contributed by atoms with Gasteiger partial charge in [-0.15, -0.1) is 0 Å². The first-order valence-corrected chi connectivity index (χ1v) is 7.98. The molecule has 7 nitrogen and oxygen atoms in total. The van der Waals surface area contributed by atoms with Crippen molar-refractivity contribution in [1.29, 1.82) is 0 Å². The molecular formula is C16H20N4O3. The van der Waals surface area contributed by atoms with Crippen LogP contribution >= 0.6 is 0 Å². The van der Waals surface area contributed by atoms with Crippen LogP contribution in [0.3, 0.4) is 0 Å². The van der Waals surface area contributed by atoms with Gasteiger partial charge in [-0.3, -0.25) is 0 Å². The highest BCUT2D eigenvalue weighted by molar-refractivity contribution is 5.69. The fraction of sp³-hybridized carbons (Fsp3) is 0.562. The van der Waals surface area contributed by atoms with Crippen molar-refractivity contribution in [2.75, 3.05) is 24.6 Å². The highest BCUT2D eigenvalue weighted by Crippen LogP contribution is 2.37. The SMILES string of the molecule is Cc1noc(-c2cccnc2N2CCC3(CC2)OCC(C)O3)n1. The minimum absolute atomic E-state index is 0.174. The van der Waals surface area contributed by atoms with E-state index in [9.17, 15) is 0 Å². The molecule has 1 atom stereocenters. The van der Waals surface area contributed by atoms with E-state index in [2.05, 4.69) is 26.9 Å². The molecule has 2 aromatic rings. The van der Waals surface area contributed by atoms with Gasteiger partial charge < -0.3 is 18.9 Å². The molecule has 7 heteroatoms. The Morgan fingerprint density at radius 1 is 1.30 bits per heavy atom. The van der Waals surface area contributed by atoms with Gasteiger partial charge in [0.25, 0.3) is 5.89 Å². The van der Waals surface area contributed by atoms with Gasteiger partial charge in [-0.1, -0.05) is 5.16 Å². The fourth-order valence-electron chi connectivity index (χ4n) is 3.25. The van der Waals surface area contributed by atoms with Crippen LogP contribution in [-0.2, 0) is 9.47 Å². The third-order valence-corrected chi connectivity index (χ3v) is 4.37. The first kappa shape index (κ1) is 14.6. The molecule has 2 fully saturated rings. The van der Waals surface area contributed by atoms with Gasteiger partial charge in [0.05, 0.1) is 18.3 Å². The summed E-state index contributed by atoms with van der Waals surface area (Å²) in [6.07, 6.45) is 3.62. The first-order valence-electron chi connectivity index (χ1n) is 7.98. The third-order valence-electron chi connectivity index (χ3n) is 4.37. The average molecular weight is 316 g/mol. The molecule has 2 saturated heterocycles. The number of pyridine rings is 1. The van der Waals surface area contributed by atoms with Crippen LogP contribution in [0, 0.1) is 6.92 Å². The monoisotopic (exact) mass is 316 g/mol. The molecule has 0 N–H and O–H groups in total. The molecule has 2 aliphatic rings. The second kappa shape index (κ2) is 5.58. The molecule has 0 aromatic carbocycles. The zero-order chi connectivity index (χ0) is 15.9. The van der Waals surface area contributed by atoms with Gasteiger partial charge in [-0.25, -0.2) is 4.98 Å². The molecule has 122 valence electrons. The number of rotatable bonds is 2. The van der Waals surface area contributed by atoms with Gasteiger partial charge in [0.15, 0.2) is 11.6 Å². The Morgan fingerprint density at radius 2 is 2.13 bits per heavy atom. The maximum Gasteiger partial charge on any atom is 0.261 e. The lowest BCUT2D eigenvalue weighted by Gasteiger charge is -2.38. The van der Waals surface area contributed by atoms with Crippen molar-refractivity contribution < 1.29 is 14.0 Å². The number of nitrogens with zero attached hydrogens (tertiary/aromatic N) is 4. The van der Waals surface area contributed by atoms with Crippen LogP contribution in [-0.4, -0.2) is 46.7 Å². The standard InChI is InChI=1S/C16H20N4O3/c1-11-10-21-16(22-11)5-8-20(9-6-16)14-13(4-3-7-17-14)15-18-12(2)19-23-15/h3-4,7,11H,5-6,8-10H2,1-2H3. The Morgan fingerprint density at radius 3 is 2.78 bits per heavy atom. The van der Waals surface area contributed by atoms with E-state index in [1.165, 1.54) is 0 Å². The second-order valence-corrected chi connectivity index (χ2v) is 6.16. The lowest BCUT2D eigenvalue weighted by Crippen LogP contribution is -2.45. The molecule has 4 heterocycles. The number of hydrogen-bond acceptors (Lipinski definition) is 7. The Balaban J connectivity index is 1.56. The molecule has 0 bridgehead atoms. The molecule has 0 saturated carbocycles. The summed E-state index contributed by atoms with van der Waals surface area (Å²) in [7, 11) is 0. The van der Waals surface area contributed by atoms with Gasteiger partial charge in [0.1, 0.15) is 5.82 Å². The molecular weight excluding hydrogens is 296 g/mol. The molecule has 1 unspecified atom stereocenters. The summed E-state index contributed by atoms with van der Waals surface area (Å²) in [6.45, 7) is 6.18. The molecule has 0 radical (unpaired) electrons. The first-order chi connectivity index (χ1) is 11.2. The van der Waals surface area contributed by atoms with E-state index in [4.69, 9.17) is 14.0 Å². The third kappa shape index (κ3) is 2.70. The van der Waals surface area contributed by atoms with Crippen LogP contribution in [0.4, 0.5) is 5.82 Å². The number of hydrogen-bond donors (Lipinski definition) is 0. The molecule has 1 spiro atoms. The fourth-order valence-corrected chi connectivity index (χ4v) is 3.25. The van der Waals surface area contributed by atoms with E-state index in [1.54, 1.807) is 6.20 Å². The zero-order valence-electron chi connectivity index (χ0n) is 13.4. The van der Waals surface area contributed by atoms with Crippen molar-refractivity contribution in [1.82, 2.24) is 15.1 Å². The van der Waals surface area contributed by atoms with Gasteiger partial charge in [0.2, 0.25) is 0 Å². The molecule has 0 amide bonds. The van der Waals surface area contributed by atoms with Crippen LogP contribution < -0.4 is 4.90 Å². The van der Waals surface area contributed by atoms with Gasteiger partial charge in [-0.2, -0.15) is 4.98 Å². The molecule has 2 aromatic heterocycles. The summed E-state index contributed by atoms with van der Waals surface area (Å²) in [5, 5.41) is 3.87. The van der Waals surface area contributed by atoms with E-state index in [-0.39, 0.29) is 6.10 Å². The van der Waals surface area contributed by atoms with Crippen molar-refractivity contribution in [2.24, 2.45) is 0 Å². The predicted molar refractivity (Wildman–Crippen MR) is 82.9 cm³/mol. The molecule has 23 heavy (non-hydrogen) atoms. The molecule has 2 aliphatic heterocycles. The minimum atomic E-state index is -0.411. The lowest BCUT2D eigenvalue weighted by atomic mass is 10.0. The van der Waals surface area contributed by atoms with Crippen LogP contribution in [0.1, 0.15) is 25.6 Å². The lowest BCUT2D eigenvalue weighted by molar-refractivity contribution is -0.178. The number of aryl methyl sites for hydroxylation is 1. The summed E-state index contributed by atoms with van der Waals surface area (Å²) < 4.78 is 17.2. The van der Waals surface area contributed by atoms with Crippen molar-refractivity contribution in [3.63, 3.8) is 0 Å². The number of anilines is 1. The zero-order valence-corrected chi connectivity index (χ0v) is 13.4. The normalized spacial score (nSPS) is 23.6. The van der Waals surface area contributed by atoms with Gasteiger partial charge in [0, 0.05) is 32.1 Å². The van der Waals surface area contributed by atoms with Crippen molar-refractivity contribution in [2.45, 2.75) is 38.6 Å². The van der Waals surface area contributed by atoms with E-state index in [0.717, 1.165) is 37.3 Å². The number of aromatic nitrogens is 3. The summed E-state index contributed by atoms with van der Waals surface area (Å²) in [4.78, 5) is 11.1. The topological polar surface area (TPSA) is 73.5 Å². The summed E-state index contributed by atoms with van der Waals surface area (Å²) in [6, 6.07) is 3.85. The summed E-state index contributed by atoms with van der Waals surface area (Å²) in [5.41, 5.74) is 0.866. The highest BCUT2D eigenvalue weighted by atomic mass is 16.7. The average Bonchev–Trinajstić information content (AvgIpc) is 3.15. The molecule has 4 rings (SSSR count). The highest BCUT2D eigenvalue weighted by Gasteiger charge is 2.43. The quantitative estimate of drug-likeness (QED) is 0.840. The predicted octanol–water partition coefficient (Wildman–Crippen LogP) is 2.17. The van der Waals surface area contributed by atoms with Crippen molar-refractivity contribution in [3.05, 3.63) is 24.2 Å². The Kier molecular flexibility index (Phi) is 3.54. The van der Waals surface area contributed by atoms with Crippen molar-refractivity contribution >= 4 is 5.82 Å².